The third-order valence-electron chi connectivity index (χ3n) is 7.53. The molecule has 42 heavy (non-hydrogen) atoms. The molecule has 0 saturated carbocycles. The molecule has 10 heteroatoms. The number of hydrogen-bond donors (Lipinski definition) is 2. The number of benzene rings is 4. The number of hydrogen-bond acceptors (Lipinski definition) is 6. The van der Waals surface area contributed by atoms with Crippen molar-refractivity contribution in [3.8, 4) is 45.6 Å². The third kappa shape index (κ3) is 3.75. The summed E-state index contributed by atoms with van der Waals surface area (Å²) in [4.78, 5) is 36.9. The summed E-state index contributed by atoms with van der Waals surface area (Å²) in [5.74, 6) is 2.34. The van der Waals surface area contributed by atoms with Gasteiger partial charge in [-0.05, 0) is 6.07 Å². The zero-order chi connectivity index (χ0) is 27.1. The van der Waals surface area contributed by atoms with Gasteiger partial charge in [-0.3, -0.25) is 0 Å². The van der Waals surface area contributed by atoms with Gasteiger partial charge in [0.15, 0.2) is 23.3 Å². The molecule has 5 heterocycles. The Morgan fingerprint density at radius 3 is 1.29 bits per heavy atom. The van der Waals surface area contributed by atoms with Crippen molar-refractivity contribution in [3.05, 3.63) is 95.5 Å². The van der Waals surface area contributed by atoms with Crippen LogP contribution in [0.25, 0.3) is 89.7 Å². The molecule has 0 aliphatic carbocycles. The molecule has 0 fully saturated rings. The SMILES string of the molecule is Brc1cccc2c3nc4nc(nc5[nH]c(nc6nc(nc([nH]3)c12)-c1ccccc1-6)c1ccccc51)-c1ccccc1-4.[InH3]. The number of H-pyrrole nitrogens is 2. The van der Waals surface area contributed by atoms with Crippen molar-refractivity contribution in [2.24, 2.45) is 0 Å². The molecule has 4 aromatic carbocycles. The molecule has 0 unspecified atom stereocenters. The normalized spacial score (nSPS) is 11.7. The maximum atomic E-state index is 5.05. The topological polar surface area (TPSA) is 109 Å². The minimum absolute atomic E-state index is 0. The number of nitrogens with one attached hydrogen (secondary N) is 2. The van der Waals surface area contributed by atoms with E-state index in [0.29, 0.717) is 45.9 Å². The second-order valence-electron chi connectivity index (χ2n) is 9.91. The van der Waals surface area contributed by atoms with Crippen molar-refractivity contribution in [1.29, 1.82) is 0 Å². The first-order valence-electron chi connectivity index (χ1n) is 13.1. The van der Waals surface area contributed by atoms with Crippen LogP contribution in [0.5, 0.6) is 0 Å². The van der Waals surface area contributed by atoms with Crippen molar-refractivity contribution in [1.82, 2.24) is 39.9 Å². The van der Waals surface area contributed by atoms with Gasteiger partial charge >= 0.3 is 25.8 Å². The fraction of sp³-hybridized carbons (Fsp3) is 0. The van der Waals surface area contributed by atoms with Crippen LogP contribution in [0, 0.1) is 0 Å². The Kier molecular flexibility index (Phi) is 5.77. The molecule has 3 aromatic heterocycles. The van der Waals surface area contributed by atoms with Crippen molar-refractivity contribution in [2.75, 3.05) is 0 Å². The second-order valence-corrected chi connectivity index (χ2v) is 10.8. The van der Waals surface area contributed by atoms with Crippen LogP contribution in [0.1, 0.15) is 0 Å². The molecule has 9 rings (SSSR count). The van der Waals surface area contributed by atoms with Crippen LogP contribution in [0.2, 0.25) is 0 Å². The van der Waals surface area contributed by atoms with Gasteiger partial charge in [0.1, 0.15) is 22.6 Å². The standard InChI is InChI=1S/C32H17BrN8.In.3H/c33-23-15-7-14-22-24(23)32-40-30-21-13-6-5-12-20(21)28(38-30)36-26-17-9-2-1-8-16(17)25(34-26)35-27-18-10-3-4-11-19(18)29(37-27)39-31(22)41-32;;;;/h1-15H,(H2,34,35,36,37,38,39,40,41);;;;. The van der Waals surface area contributed by atoms with E-state index in [9.17, 15) is 0 Å². The van der Waals surface area contributed by atoms with Gasteiger partial charge < -0.3 is 9.97 Å². The van der Waals surface area contributed by atoms with Crippen molar-refractivity contribution >= 4 is 85.9 Å². The number of aromatic nitrogens is 8. The van der Waals surface area contributed by atoms with E-state index in [-0.39, 0.29) is 25.8 Å². The van der Waals surface area contributed by atoms with Gasteiger partial charge in [0.25, 0.3) is 0 Å². The average Bonchev–Trinajstić information content (AvgIpc) is 3.73. The fourth-order valence-corrected chi connectivity index (χ4v) is 6.20. The first-order chi connectivity index (χ1) is 20.2. The van der Waals surface area contributed by atoms with E-state index in [1.165, 1.54) is 0 Å². The third-order valence-corrected chi connectivity index (χ3v) is 8.19. The molecule has 0 spiro atoms. The van der Waals surface area contributed by atoms with Gasteiger partial charge in [-0.1, -0.05) is 101 Å². The van der Waals surface area contributed by atoms with E-state index in [2.05, 4.69) is 25.9 Å². The molecular formula is C32H20BrInN8. The summed E-state index contributed by atoms with van der Waals surface area (Å²) < 4.78 is 0.909. The van der Waals surface area contributed by atoms with E-state index in [0.717, 1.165) is 48.3 Å². The Hall–Kier alpha value is -4.41. The Labute approximate surface area is 265 Å². The summed E-state index contributed by atoms with van der Waals surface area (Å²) in [6, 6.07) is 30.1. The summed E-state index contributed by atoms with van der Waals surface area (Å²) >= 11 is 3.73. The fourth-order valence-electron chi connectivity index (χ4n) is 5.65. The van der Waals surface area contributed by atoms with Crippen LogP contribution in [-0.4, -0.2) is 65.7 Å². The summed E-state index contributed by atoms with van der Waals surface area (Å²) in [5.41, 5.74) is 6.34. The summed E-state index contributed by atoms with van der Waals surface area (Å²) in [7, 11) is 0. The number of rotatable bonds is 0. The molecule has 198 valence electrons. The van der Waals surface area contributed by atoms with Crippen LogP contribution < -0.4 is 0 Å². The minimum atomic E-state index is 0. The quantitative estimate of drug-likeness (QED) is 0.187. The number of nitrogens with zero attached hydrogens (tertiary/aromatic N) is 6. The van der Waals surface area contributed by atoms with Crippen molar-refractivity contribution in [2.45, 2.75) is 0 Å². The Bertz CT molecular complexity index is 2410. The van der Waals surface area contributed by atoms with Crippen LogP contribution in [-0.2, 0) is 0 Å². The van der Waals surface area contributed by atoms with Gasteiger partial charge in [0, 0.05) is 48.3 Å². The molecule has 0 radical (unpaired) electrons. The van der Waals surface area contributed by atoms with Gasteiger partial charge in [-0.2, -0.15) is 0 Å². The van der Waals surface area contributed by atoms with Crippen LogP contribution in [0.3, 0.4) is 0 Å². The first kappa shape index (κ1) is 25.3. The molecular weight excluding hydrogens is 691 g/mol. The first-order valence-corrected chi connectivity index (χ1v) is 13.9. The van der Waals surface area contributed by atoms with Crippen LogP contribution in [0.4, 0.5) is 0 Å². The van der Waals surface area contributed by atoms with Crippen LogP contribution >= 0.6 is 15.9 Å². The van der Waals surface area contributed by atoms with E-state index in [1.54, 1.807) is 0 Å². The van der Waals surface area contributed by atoms with Gasteiger partial charge in [-0.25, -0.2) is 29.9 Å². The molecule has 0 atom stereocenters. The molecule has 2 aliphatic rings. The molecule has 7 aromatic rings. The Balaban J connectivity index is 0.00000267. The predicted octanol–water partition coefficient (Wildman–Crippen LogP) is 6.45. The molecule has 0 saturated heterocycles. The monoisotopic (exact) mass is 710 g/mol. The number of fused-ring (bicyclic) bond motifs is 20. The van der Waals surface area contributed by atoms with Crippen LogP contribution in [0.15, 0.2) is 95.5 Å². The molecule has 0 amide bonds. The number of halogens is 1. The predicted molar refractivity (Wildman–Crippen MR) is 174 cm³/mol. The summed E-state index contributed by atoms with van der Waals surface area (Å²) in [6.07, 6.45) is 0. The average molecular weight is 711 g/mol. The zero-order valence-corrected chi connectivity index (χ0v) is 22.8. The summed E-state index contributed by atoms with van der Waals surface area (Å²) in [5, 5.41) is 3.74. The molecule has 8 bridgehead atoms. The molecule has 8 nitrogen and oxygen atoms in total. The summed E-state index contributed by atoms with van der Waals surface area (Å²) in [6.45, 7) is 0. The van der Waals surface area contributed by atoms with E-state index in [4.69, 9.17) is 29.9 Å². The van der Waals surface area contributed by atoms with Gasteiger partial charge in [0.05, 0.1) is 0 Å². The van der Waals surface area contributed by atoms with Crippen molar-refractivity contribution < 1.29 is 0 Å². The molecule has 2 N–H and O–H groups in total. The van der Waals surface area contributed by atoms with E-state index in [1.807, 2.05) is 91.0 Å². The van der Waals surface area contributed by atoms with E-state index >= 15 is 0 Å². The molecule has 2 aliphatic heterocycles. The zero-order valence-electron chi connectivity index (χ0n) is 21.2. The second kappa shape index (κ2) is 9.57. The van der Waals surface area contributed by atoms with Gasteiger partial charge in [-0.15, -0.1) is 0 Å². The van der Waals surface area contributed by atoms with E-state index < -0.39 is 0 Å². The maximum absolute atomic E-state index is 5.05. The Morgan fingerprint density at radius 1 is 0.405 bits per heavy atom. The van der Waals surface area contributed by atoms with Gasteiger partial charge in [0.2, 0.25) is 0 Å². The van der Waals surface area contributed by atoms with Crippen molar-refractivity contribution in [3.63, 3.8) is 0 Å². The Morgan fingerprint density at radius 2 is 0.786 bits per heavy atom. The number of aromatic amines is 2.